The first-order chi connectivity index (χ1) is 13.8. The summed E-state index contributed by atoms with van der Waals surface area (Å²) in [5.41, 5.74) is 4.59. The minimum absolute atomic E-state index is 0.0402. The fraction of sp³-hybridized carbons (Fsp3) is 0.231. The van der Waals surface area contributed by atoms with E-state index in [1.807, 2.05) is 60.7 Å². The van der Waals surface area contributed by atoms with Gasteiger partial charge < -0.3 is 4.74 Å². The van der Waals surface area contributed by atoms with Crippen LogP contribution in [0.15, 0.2) is 72.8 Å². The molecule has 0 fully saturated rings. The van der Waals surface area contributed by atoms with Crippen molar-refractivity contribution in [3.63, 3.8) is 0 Å². The molecular formula is C26H25NO2. The van der Waals surface area contributed by atoms with Gasteiger partial charge in [-0.05, 0) is 53.3 Å². The Hall–Kier alpha value is -3.38. The largest absolute Gasteiger partial charge is 0.483 e. The van der Waals surface area contributed by atoms with E-state index in [4.69, 9.17) is 10.00 Å². The number of nitriles is 1. The minimum atomic E-state index is -0.573. The molecule has 0 aliphatic heterocycles. The zero-order valence-corrected chi connectivity index (χ0v) is 17.3. The maximum atomic E-state index is 12.7. The number of carbonyl (C=O) groups excluding carboxylic acids is 1. The SMILES string of the molecule is C[C@@H](Oc1ccc(-c2ccc(C#N)cc2)cc1)C(=O)c1ccc(C(C)(C)C)cc1. The molecular weight excluding hydrogens is 358 g/mol. The summed E-state index contributed by atoms with van der Waals surface area (Å²) in [5, 5.41) is 8.90. The van der Waals surface area contributed by atoms with Crippen molar-refractivity contribution in [3.05, 3.63) is 89.5 Å². The Bertz CT molecular complexity index is 1020. The lowest BCUT2D eigenvalue weighted by atomic mass is 9.86. The van der Waals surface area contributed by atoms with E-state index in [0.717, 1.165) is 11.1 Å². The molecule has 0 aromatic heterocycles. The van der Waals surface area contributed by atoms with Gasteiger partial charge >= 0.3 is 0 Å². The molecule has 0 N–H and O–H groups in total. The molecule has 0 aliphatic carbocycles. The predicted molar refractivity (Wildman–Crippen MR) is 116 cm³/mol. The van der Waals surface area contributed by atoms with E-state index in [1.165, 1.54) is 5.56 Å². The average Bonchev–Trinajstić information content (AvgIpc) is 2.73. The maximum Gasteiger partial charge on any atom is 0.202 e. The number of ketones is 1. The molecule has 146 valence electrons. The normalized spacial score (nSPS) is 12.1. The van der Waals surface area contributed by atoms with Gasteiger partial charge in [-0.1, -0.05) is 69.3 Å². The summed E-state index contributed by atoms with van der Waals surface area (Å²) in [7, 11) is 0. The molecule has 3 aromatic rings. The number of hydrogen-bond acceptors (Lipinski definition) is 3. The number of hydrogen-bond donors (Lipinski definition) is 0. The second kappa shape index (κ2) is 8.32. The highest BCUT2D eigenvalue weighted by Crippen LogP contribution is 2.25. The number of rotatable bonds is 5. The topological polar surface area (TPSA) is 50.1 Å². The average molecular weight is 383 g/mol. The molecule has 0 bridgehead atoms. The zero-order chi connectivity index (χ0) is 21.0. The highest BCUT2D eigenvalue weighted by atomic mass is 16.5. The van der Waals surface area contributed by atoms with Crippen LogP contribution in [0.5, 0.6) is 5.75 Å². The molecule has 1 atom stereocenters. The summed E-state index contributed by atoms with van der Waals surface area (Å²) in [6.45, 7) is 8.22. The summed E-state index contributed by atoms with van der Waals surface area (Å²) in [5.74, 6) is 0.608. The molecule has 0 amide bonds. The third kappa shape index (κ3) is 4.92. The smallest absolute Gasteiger partial charge is 0.202 e. The van der Waals surface area contributed by atoms with Gasteiger partial charge in [0, 0.05) is 5.56 Å². The zero-order valence-electron chi connectivity index (χ0n) is 17.3. The second-order valence-electron chi connectivity index (χ2n) is 8.17. The van der Waals surface area contributed by atoms with E-state index < -0.39 is 6.10 Å². The minimum Gasteiger partial charge on any atom is -0.483 e. The third-order valence-corrected chi connectivity index (χ3v) is 4.92. The number of Topliss-reactive ketones (excluding diaryl/α,β-unsaturated/α-hetero) is 1. The van der Waals surface area contributed by atoms with Gasteiger partial charge in [0.05, 0.1) is 11.6 Å². The first kappa shape index (κ1) is 20.4. The van der Waals surface area contributed by atoms with E-state index in [0.29, 0.717) is 16.9 Å². The van der Waals surface area contributed by atoms with Crippen LogP contribution in [0.3, 0.4) is 0 Å². The van der Waals surface area contributed by atoms with Crippen LogP contribution in [0, 0.1) is 11.3 Å². The molecule has 3 aromatic carbocycles. The van der Waals surface area contributed by atoms with Gasteiger partial charge in [0.2, 0.25) is 5.78 Å². The molecule has 0 spiro atoms. The maximum absolute atomic E-state index is 12.7. The van der Waals surface area contributed by atoms with Gasteiger partial charge in [-0.3, -0.25) is 4.79 Å². The fourth-order valence-electron chi connectivity index (χ4n) is 3.09. The van der Waals surface area contributed by atoms with Crippen LogP contribution in [0.25, 0.3) is 11.1 Å². The van der Waals surface area contributed by atoms with Crippen molar-refractivity contribution in [2.24, 2.45) is 0 Å². The number of benzene rings is 3. The number of nitrogens with zero attached hydrogens (tertiary/aromatic N) is 1. The van der Waals surface area contributed by atoms with Gasteiger partial charge in [0.25, 0.3) is 0 Å². The van der Waals surface area contributed by atoms with Crippen molar-refractivity contribution in [1.29, 1.82) is 5.26 Å². The van der Waals surface area contributed by atoms with Crippen molar-refractivity contribution in [3.8, 4) is 22.9 Å². The van der Waals surface area contributed by atoms with Crippen molar-refractivity contribution in [2.75, 3.05) is 0 Å². The van der Waals surface area contributed by atoms with Crippen molar-refractivity contribution >= 4 is 5.78 Å². The van der Waals surface area contributed by atoms with Crippen LogP contribution >= 0.6 is 0 Å². The Balaban J connectivity index is 1.67. The van der Waals surface area contributed by atoms with Crippen molar-refractivity contribution in [2.45, 2.75) is 39.2 Å². The standard InChI is InChI=1S/C26H25NO2/c1-18(25(28)22-9-13-23(14-10-22)26(2,3)4)29-24-15-11-21(12-16-24)20-7-5-19(17-27)6-8-20/h5-16,18H,1-4H3/t18-/m1/s1. The molecule has 3 nitrogen and oxygen atoms in total. The molecule has 0 saturated heterocycles. The van der Waals surface area contributed by atoms with Gasteiger partial charge in [0.1, 0.15) is 5.75 Å². The Labute approximate surface area is 172 Å². The third-order valence-electron chi connectivity index (χ3n) is 4.92. The van der Waals surface area contributed by atoms with Crippen LogP contribution in [0.1, 0.15) is 49.2 Å². The molecule has 3 heteroatoms. The number of carbonyl (C=O) groups is 1. The lowest BCUT2D eigenvalue weighted by Gasteiger charge is -2.19. The molecule has 0 aliphatic rings. The van der Waals surface area contributed by atoms with E-state index in [9.17, 15) is 4.79 Å². The first-order valence-corrected chi connectivity index (χ1v) is 9.70. The number of ether oxygens (including phenoxy) is 1. The molecule has 3 rings (SSSR count). The second-order valence-corrected chi connectivity index (χ2v) is 8.17. The quantitative estimate of drug-likeness (QED) is 0.495. The summed E-state index contributed by atoms with van der Waals surface area (Å²) in [6, 6.07) is 24.9. The lowest BCUT2D eigenvalue weighted by Crippen LogP contribution is -2.24. The van der Waals surface area contributed by atoms with Crippen LogP contribution in [0.2, 0.25) is 0 Å². The summed E-state index contributed by atoms with van der Waals surface area (Å²) >= 11 is 0. The summed E-state index contributed by atoms with van der Waals surface area (Å²) in [6.07, 6.45) is -0.573. The van der Waals surface area contributed by atoms with E-state index in [-0.39, 0.29) is 11.2 Å². The van der Waals surface area contributed by atoms with Crippen molar-refractivity contribution in [1.82, 2.24) is 0 Å². The van der Waals surface area contributed by atoms with Gasteiger partial charge in [0.15, 0.2) is 6.10 Å². The van der Waals surface area contributed by atoms with Crippen LogP contribution in [0.4, 0.5) is 0 Å². The Morgan fingerprint density at radius 2 is 1.38 bits per heavy atom. The molecule has 0 saturated carbocycles. The molecule has 0 heterocycles. The Kier molecular flexibility index (Phi) is 5.84. The first-order valence-electron chi connectivity index (χ1n) is 9.70. The monoisotopic (exact) mass is 383 g/mol. The van der Waals surface area contributed by atoms with Crippen LogP contribution in [-0.2, 0) is 5.41 Å². The van der Waals surface area contributed by atoms with E-state index >= 15 is 0 Å². The van der Waals surface area contributed by atoms with E-state index in [1.54, 1.807) is 19.1 Å². The molecule has 0 unspecified atom stereocenters. The summed E-state index contributed by atoms with van der Waals surface area (Å²) in [4.78, 5) is 12.7. The van der Waals surface area contributed by atoms with Gasteiger partial charge in [-0.25, -0.2) is 0 Å². The highest BCUT2D eigenvalue weighted by Gasteiger charge is 2.19. The predicted octanol–water partition coefficient (Wildman–Crippen LogP) is 6.17. The fourth-order valence-corrected chi connectivity index (χ4v) is 3.09. The summed E-state index contributed by atoms with van der Waals surface area (Å²) < 4.78 is 5.86. The van der Waals surface area contributed by atoms with Gasteiger partial charge in [-0.15, -0.1) is 0 Å². The molecule has 29 heavy (non-hydrogen) atoms. The lowest BCUT2D eigenvalue weighted by molar-refractivity contribution is 0.0818. The Morgan fingerprint density at radius 1 is 0.862 bits per heavy atom. The molecule has 0 radical (unpaired) electrons. The van der Waals surface area contributed by atoms with Crippen molar-refractivity contribution < 1.29 is 9.53 Å². The van der Waals surface area contributed by atoms with Crippen LogP contribution in [-0.4, -0.2) is 11.9 Å². The highest BCUT2D eigenvalue weighted by molar-refractivity contribution is 5.99. The van der Waals surface area contributed by atoms with Crippen LogP contribution < -0.4 is 4.74 Å². The van der Waals surface area contributed by atoms with Gasteiger partial charge in [-0.2, -0.15) is 5.26 Å². The van der Waals surface area contributed by atoms with E-state index in [2.05, 4.69) is 26.8 Å². The Morgan fingerprint density at radius 3 is 1.86 bits per heavy atom.